The van der Waals surface area contributed by atoms with E-state index < -0.39 is 0 Å². The van der Waals surface area contributed by atoms with Gasteiger partial charge in [0, 0.05) is 10.4 Å². The molecule has 0 saturated carbocycles. The molecule has 0 aliphatic heterocycles. The Morgan fingerprint density at radius 3 is 2.58 bits per heavy atom. The van der Waals surface area contributed by atoms with Gasteiger partial charge in [-0.3, -0.25) is 4.79 Å². The fraction of sp³-hybridized carbons (Fsp3) is 0.375. The molecule has 0 saturated heterocycles. The Morgan fingerprint density at radius 2 is 1.90 bits per heavy atom. The highest BCUT2D eigenvalue weighted by Gasteiger charge is 2.16. The van der Waals surface area contributed by atoms with Crippen molar-refractivity contribution in [2.24, 2.45) is 5.10 Å². The Hall–Kier alpha value is -2.67. The molecule has 0 aliphatic rings. The lowest BCUT2D eigenvalue weighted by atomic mass is 10.1. The molecule has 7 heteroatoms. The van der Waals surface area contributed by atoms with Crippen molar-refractivity contribution in [2.75, 3.05) is 6.61 Å². The van der Waals surface area contributed by atoms with Gasteiger partial charge in [0.2, 0.25) is 0 Å². The van der Waals surface area contributed by atoms with Crippen LogP contribution in [0.4, 0.5) is 0 Å². The molecule has 0 bridgehead atoms. The number of hydrogen-bond donors (Lipinski definition) is 0. The molecule has 1 aromatic heterocycles. The second-order valence-electron chi connectivity index (χ2n) is 7.61. The Labute approximate surface area is 191 Å². The molecule has 0 radical (unpaired) electrons. The van der Waals surface area contributed by atoms with E-state index >= 15 is 0 Å². The average Bonchev–Trinajstić information content (AvgIpc) is 2.74. The van der Waals surface area contributed by atoms with Crippen LogP contribution in [0.5, 0.6) is 11.5 Å². The molecule has 0 fully saturated rings. The van der Waals surface area contributed by atoms with Gasteiger partial charge >= 0.3 is 0 Å². The van der Waals surface area contributed by atoms with Gasteiger partial charge in [-0.15, -0.1) is 0 Å². The SMILES string of the molecule is CCOc1cc(C=Nn2c([C@@H](C)CC)nc3ccc(Br)cc3c2=O)ccc1OC(C)C. The number of ether oxygens (including phenoxy) is 2. The summed E-state index contributed by atoms with van der Waals surface area (Å²) in [4.78, 5) is 18.0. The van der Waals surface area contributed by atoms with Crippen LogP contribution in [-0.2, 0) is 0 Å². The summed E-state index contributed by atoms with van der Waals surface area (Å²) in [6.45, 7) is 10.5. The van der Waals surface area contributed by atoms with Crippen LogP contribution in [0, 0.1) is 0 Å². The van der Waals surface area contributed by atoms with Gasteiger partial charge in [-0.1, -0.05) is 29.8 Å². The fourth-order valence-corrected chi connectivity index (χ4v) is 3.49. The predicted molar refractivity (Wildman–Crippen MR) is 129 cm³/mol. The van der Waals surface area contributed by atoms with E-state index in [1.807, 2.05) is 58.0 Å². The van der Waals surface area contributed by atoms with E-state index in [9.17, 15) is 4.79 Å². The molecule has 164 valence electrons. The molecule has 0 unspecified atom stereocenters. The van der Waals surface area contributed by atoms with Gasteiger partial charge in [-0.25, -0.2) is 4.98 Å². The molecule has 2 aromatic carbocycles. The van der Waals surface area contributed by atoms with E-state index in [0.29, 0.717) is 34.8 Å². The van der Waals surface area contributed by atoms with Gasteiger partial charge in [-0.05, 0) is 69.2 Å². The van der Waals surface area contributed by atoms with Gasteiger partial charge in [0.15, 0.2) is 11.5 Å². The summed E-state index contributed by atoms with van der Waals surface area (Å²) in [6, 6.07) is 11.1. The Morgan fingerprint density at radius 1 is 1.13 bits per heavy atom. The average molecular weight is 486 g/mol. The van der Waals surface area contributed by atoms with Gasteiger partial charge in [-0.2, -0.15) is 9.78 Å². The van der Waals surface area contributed by atoms with Crippen molar-refractivity contribution in [1.29, 1.82) is 0 Å². The lowest BCUT2D eigenvalue weighted by Crippen LogP contribution is -2.23. The number of rotatable bonds is 8. The van der Waals surface area contributed by atoms with Crippen molar-refractivity contribution in [1.82, 2.24) is 9.66 Å². The maximum absolute atomic E-state index is 13.2. The predicted octanol–water partition coefficient (Wildman–Crippen LogP) is 5.74. The number of benzene rings is 2. The van der Waals surface area contributed by atoms with E-state index in [1.165, 1.54) is 4.68 Å². The Kier molecular flexibility index (Phi) is 7.49. The molecular formula is C24H28BrN3O3. The highest BCUT2D eigenvalue weighted by molar-refractivity contribution is 9.10. The third-order valence-electron chi connectivity index (χ3n) is 4.84. The van der Waals surface area contributed by atoms with Crippen LogP contribution >= 0.6 is 15.9 Å². The zero-order chi connectivity index (χ0) is 22.5. The van der Waals surface area contributed by atoms with E-state index in [0.717, 1.165) is 16.5 Å². The van der Waals surface area contributed by atoms with Crippen LogP contribution in [-0.4, -0.2) is 28.6 Å². The van der Waals surface area contributed by atoms with Crippen LogP contribution < -0.4 is 15.0 Å². The molecular weight excluding hydrogens is 458 g/mol. The molecule has 1 atom stereocenters. The summed E-state index contributed by atoms with van der Waals surface area (Å²) in [5.74, 6) is 2.06. The smallest absolute Gasteiger partial charge is 0.282 e. The normalized spacial score (nSPS) is 12.6. The van der Waals surface area contributed by atoms with E-state index in [4.69, 9.17) is 14.5 Å². The van der Waals surface area contributed by atoms with Crippen molar-refractivity contribution in [3.05, 3.63) is 62.6 Å². The van der Waals surface area contributed by atoms with Crippen molar-refractivity contribution in [3.63, 3.8) is 0 Å². The molecule has 3 aromatic rings. The second-order valence-corrected chi connectivity index (χ2v) is 8.52. The topological polar surface area (TPSA) is 65.7 Å². The lowest BCUT2D eigenvalue weighted by Gasteiger charge is -2.15. The number of aromatic nitrogens is 2. The zero-order valence-corrected chi connectivity index (χ0v) is 20.1. The summed E-state index contributed by atoms with van der Waals surface area (Å²) in [5, 5.41) is 5.04. The molecule has 1 heterocycles. The van der Waals surface area contributed by atoms with Crippen molar-refractivity contribution in [3.8, 4) is 11.5 Å². The minimum absolute atomic E-state index is 0.0402. The van der Waals surface area contributed by atoms with Gasteiger partial charge in [0.1, 0.15) is 5.82 Å². The molecule has 31 heavy (non-hydrogen) atoms. The third-order valence-corrected chi connectivity index (χ3v) is 5.33. The molecule has 6 nitrogen and oxygen atoms in total. The summed E-state index contributed by atoms with van der Waals surface area (Å²) in [5.41, 5.74) is 1.28. The summed E-state index contributed by atoms with van der Waals surface area (Å²) in [7, 11) is 0. The lowest BCUT2D eigenvalue weighted by molar-refractivity contribution is 0.224. The number of nitrogens with zero attached hydrogens (tertiary/aromatic N) is 3. The summed E-state index contributed by atoms with van der Waals surface area (Å²) < 4.78 is 13.8. The van der Waals surface area contributed by atoms with Crippen molar-refractivity contribution < 1.29 is 9.47 Å². The molecule has 0 amide bonds. The van der Waals surface area contributed by atoms with Gasteiger partial charge < -0.3 is 9.47 Å². The maximum atomic E-state index is 13.2. The van der Waals surface area contributed by atoms with Crippen molar-refractivity contribution >= 4 is 33.0 Å². The molecule has 0 aliphatic carbocycles. The van der Waals surface area contributed by atoms with Crippen LogP contribution in [0.15, 0.2) is 50.8 Å². The first-order valence-electron chi connectivity index (χ1n) is 10.5. The van der Waals surface area contributed by atoms with Crippen LogP contribution in [0.1, 0.15) is 58.3 Å². The largest absolute Gasteiger partial charge is 0.490 e. The standard InChI is InChI=1S/C24H28BrN3O3/c1-6-16(5)23-27-20-10-9-18(25)13-19(20)24(29)28(23)26-14-17-8-11-21(31-15(3)4)22(12-17)30-7-2/h8-16H,6-7H2,1-5H3/t16-/m0/s1. The molecule has 3 rings (SSSR count). The van der Waals surface area contributed by atoms with E-state index in [-0.39, 0.29) is 17.6 Å². The highest BCUT2D eigenvalue weighted by Crippen LogP contribution is 2.29. The first-order valence-corrected chi connectivity index (χ1v) is 11.3. The minimum Gasteiger partial charge on any atom is -0.490 e. The summed E-state index contributed by atoms with van der Waals surface area (Å²) in [6.07, 6.45) is 2.54. The maximum Gasteiger partial charge on any atom is 0.282 e. The summed E-state index contributed by atoms with van der Waals surface area (Å²) >= 11 is 3.43. The highest BCUT2D eigenvalue weighted by atomic mass is 79.9. The van der Waals surface area contributed by atoms with E-state index in [1.54, 1.807) is 12.3 Å². The molecule has 0 N–H and O–H groups in total. The van der Waals surface area contributed by atoms with Gasteiger partial charge in [0.05, 0.1) is 29.8 Å². The van der Waals surface area contributed by atoms with Gasteiger partial charge in [0.25, 0.3) is 5.56 Å². The van der Waals surface area contributed by atoms with Crippen molar-refractivity contribution in [2.45, 2.75) is 53.1 Å². The van der Waals surface area contributed by atoms with E-state index in [2.05, 4.69) is 28.0 Å². The van der Waals surface area contributed by atoms with Crippen LogP contribution in [0.2, 0.25) is 0 Å². The Balaban J connectivity index is 2.08. The number of halogens is 1. The van der Waals surface area contributed by atoms with Crippen LogP contribution in [0.25, 0.3) is 10.9 Å². The first kappa shape index (κ1) is 23.0. The number of hydrogen-bond acceptors (Lipinski definition) is 5. The monoisotopic (exact) mass is 485 g/mol. The first-order chi connectivity index (χ1) is 14.8. The third kappa shape index (κ3) is 5.34. The Bertz CT molecular complexity index is 1150. The zero-order valence-electron chi connectivity index (χ0n) is 18.6. The second kappa shape index (κ2) is 10.1. The molecule has 0 spiro atoms. The minimum atomic E-state index is -0.192. The fourth-order valence-electron chi connectivity index (χ4n) is 3.13. The quantitative estimate of drug-likeness (QED) is 0.381. The van der Waals surface area contributed by atoms with Crippen LogP contribution in [0.3, 0.4) is 0 Å². The number of fused-ring (bicyclic) bond motifs is 1.